The quantitative estimate of drug-likeness (QED) is 0.308. The fourth-order valence-corrected chi connectivity index (χ4v) is 3.72. The Hall–Kier alpha value is -4.06. The molecule has 158 valence electrons. The summed E-state index contributed by atoms with van der Waals surface area (Å²) in [5, 5.41) is 3.31. The Labute approximate surface area is 182 Å². The van der Waals surface area contributed by atoms with Gasteiger partial charge in [0.1, 0.15) is 5.82 Å². The Balaban J connectivity index is 1.39. The number of anilines is 2. The molecular weight excluding hydrogens is 411 g/mol. The van der Waals surface area contributed by atoms with Gasteiger partial charge in [-0.1, -0.05) is 54.6 Å². The molecule has 0 aliphatic heterocycles. The molecule has 0 spiro atoms. The van der Waals surface area contributed by atoms with Crippen molar-refractivity contribution in [2.45, 2.75) is 6.18 Å². The van der Waals surface area contributed by atoms with E-state index in [0.717, 1.165) is 39.9 Å². The normalized spacial score (nSPS) is 11.6. The van der Waals surface area contributed by atoms with Gasteiger partial charge < -0.3 is 10.3 Å². The molecule has 0 unspecified atom stereocenters. The van der Waals surface area contributed by atoms with E-state index >= 15 is 0 Å². The van der Waals surface area contributed by atoms with Crippen LogP contribution in [0.15, 0.2) is 97.1 Å². The van der Waals surface area contributed by atoms with Crippen molar-refractivity contribution >= 4 is 22.4 Å². The Kier molecular flexibility index (Phi) is 4.90. The zero-order chi connectivity index (χ0) is 22.1. The maximum absolute atomic E-state index is 13.3. The summed E-state index contributed by atoms with van der Waals surface area (Å²) in [6.07, 6.45) is -4.40. The van der Waals surface area contributed by atoms with Crippen molar-refractivity contribution in [3.8, 4) is 22.5 Å². The summed E-state index contributed by atoms with van der Waals surface area (Å²) < 4.78 is 40.0. The molecule has 0 bridgehead atoms. The fourth-order valence-electron chi connectivity index (χ4n) is 3.72. The first-order chi connectivity index (χ1) is 15.5. The molecule has 0 aliphatic carbocycles. The molecule has 1 heterocycles. The molecule has 0 amide bonds. The lowest BCUT2D eigenvalue weighted by Crippen LogP contribution is -2.06. The van der Waals surface area contributed by atoms with Gasteiger partial charge in [-0.25, -0.2) is 4.98 Å². The Morgan fingerprint density at radius 2 is 1.44 bits per heavy atom. The van der Waals surface area contributed by atoms with Gasteiger partial charge in [0, 0.05) is 16.9 Å². The molecule has 0 atom stereocenters. The summed E-state index contributed by atoms with van der Waals surface area (Å²) in [5.41, 5.74) is 4.47. The summed E-state index contributed by atoms with van der Waals surface area (Å²) in [5.74, 6) is 0.772. The van der Waals surface area contributed by atoms with Gasteiger partial charge in [-0.15, -0.1) is 0 Å². The molecular formula is C26H18F3N3. The summed E-state index contributed by atoms with van der Waals surface area (Å²) >= 11 is 0. The highest BCUT2D eigenvalue weighted by Crippen LogP contribution is 2.37. The number of halogens is 3. The van der Waals surface area contributed by atoms with Crippen LogP contribution in [0.5, 0.6) is 0 Å². The van der Waals surface area contributed by atoms with E-state index < -0.39 is 11.7 Å². The molecule has 32 heavy (non-hydrogen) atoms. The van der Waals surface area contributed by atoms with E-state index in [2.05, 4.69) is 15.3 Å². The fraction of sp³-hybridized carbons (Fsp3) is 0.0385. The maximum atomic E-state index is 13.3. The Morgan fingerprint density at radius 1 is 0.688 bits per heavy atom. The number of hydrogen-bond acceptors (Lipinski definition) is 2. The van der Waals surface area contributed by atoms with Gasteiger partial charge in [0.15, 0.2) is 0 Å². The highest BCUT2D eigenvalue weighted by atomic mass is 19.4. The maximum Gasteiger partial charge on any atom is 0.417 e. The van der Waals surface area contributed by atoms with Crippen molar-refractivity contribution in [2.75, 3.05) is 5.32 Å². The number of rotatable bonds is 4. The molecule has 5 aromatic rings. The lowest BCUT2D eigenvalue weighted by Gasteiger charge is -2.13. The van der Waals surface area contributed by atoms with E-state index in [1.54, 1.807) is 30.3 Å². The van der Waals surface area contributed by atoms with E-state index in [9.17, 15) is 13.2 Å². The summed E-state index contributed by atoms with van der Waals surface area (Å²) in [6, 6.07) is 28.2. The zero-order valence-electron chi connectivity index (χ0n) is 16.8. The van der Waals surface area contributed by atoms with Crippen LogP contribution >= 0.6 is 0 Å². The second-order valence-electron chi connectivity index (χ2n) is 7.43. The minimum absolute atomic E-state index is 0.165. The minimum Gasteiger partial charge on any atom is -0.356 e. The number of alkyl halides is 3. The summed E-state index contributed by atoms with van der Waals surface area (Å²) in [6.45, 7) is 0. The zero-order valence-corrected chi connectivity index (χ0v) is 16.8. The standard InChI is InChI=1S/C26H18F3N3/c27-26(28,29)22-9-2-1-8-21(22)17-12-14-19(15-13-17)30-20-7-5-6-18(16-20)25-31-23-10-3-4-11-24(23)32-25/h1-16,30H,(H,31,32). The number of nitrogens with zero attached hydrogens (tertiary/aromatic N) is 1. The topological polar surface area (TPSA) is 40.7 Å². The smallest absolute Gasteiger partial charge is 0.356 e. The van der Waals surface area contributed by atoms with E-state index in [0.29, 0.717) is 5.56 Å². The monoisotopic (exact) mass is 429 g/mol. The van der Waals surface area contributed by atoms with E-state index in [1.807, 2.05) is 48.5 Å². The number of H-pyrrole nitrogens is 1. The molecule has 0 radical (unpaired) electrons. The second kappa shape index (κ2) is 7.89. The number of benzene rings is 4. The predicted molar refractivity (Wildman–Crippen MR) is 122 cm³/mol. The number of aromatic amines is 1. The third kappa shape index (κ3) is 3.95. The highest BCUT2D eigenvalue weighted by Gasteiger charge is 2.33. The van der Waals surface area contributed by atoms with Gasteiger partial charge in [0.2, 0.25) is 0 Å². The van der Waals surface area contributed by atoms with Gasteiger partial charge in [0.05, 0.1) is 16.6 Å². The van der Waals surface area contributed by atoms with Crippen molar-refractivity contribution in [3.05, 3.63) is 103 Å². The largest absolute Gasteiger partial charge is 0.417 e. The van der Waals surface area contributed by atoms with E-state index in [1.165, 1.54) is 12.1 Å². The van der Waals surface area contributed by atoms with Crippen LogP contribution in [0.4, 0.5) is 24.5 Å². The van der Waals surface area contributed by atoms with Crippen molar-refractivity contribution in [1.82, 2.24) is 9.97 Å². The number of aromatic nitrogens is 2. The molecule has 2 N–H and O–H groups in total. The molecule has 0 aliphatic rings. The average molecular weight is 429 g/mol. The van der Waals surface area contributed by atoms with Gasteiger partial charge >= 0.3 is 6.18 Å². The Morgan fingerprint density at radius 3 is 2.22 bits per heavy atom. The van der Waals surface area contributed by atoms with Crippen LogP contribution in [-0.4, -0.2) is 9.97 Å². The van der Waals surface area contributed by atoms with Crippen molar-refractivity contribution < 1.29 is 13.2 Å². The van der Waals surface area contributed by atoms with Crippen molar-refractivity contribution in [3.63, 3.8) is 0 Å². The summed E-state index contributed by atoms with van der Waals surface area (Å²) in [4.78, 5) is 7.94. The highest BCUT2D eigenvalue weighted by molar-refractivity contribution is 5.80. The predicted octanol–water partition coefficient (Wildman–Crippen LogP) is 7.66. The van der Waals surface area contributed by atoms with Gasteiger partial charge in [0.25, 0.3) is 0 Å². The van der Waals surface area contributed by atoms with Crippen LogP contribution in [-0.2, 0) is 6.18 Å². The van der Waals surface area contributed by atoms with E-state index in [-0.39, 0.29) is 5.56 Å². The first-order valence-corrected chi connectivity index (χ1v) is 10.1. The first kappa shape index (κ1) is 19.9. The van der Waals surface area contributed by atoms with Gasteiger partial charge in [-0.2, -0.15) is 13.2 Å². The Bertz CT molecular complexity index is 1350. The third-order valence-electron chi connectivity index (χ3n) is 5.24. The van der Waals surface area contributed by atoms with Gasteiger partial charge in [-0.3, -0.25) is 0 Å². The molecule has 0 saturated carbocycles. The molecule has 1 aromatic heterocycles. The van der Waals surface area contributed by atoms with Crippen LogP contribution in [0.3, 0.4) is 0 Å². The molecule has 0 saturated heterocycles. The van der Waals surface area contributed by atoms with Gasteiger partial charge in [-0.05, 0) is 53.6 Å². The molecule has 5 rings (SSSR count). The SMILES string of the molecule is FC(F)(F)c1ccccc1-c1ccc(Nc2cccc(-c3nc4ccccc4[nH]3)c2)cc1. The lowest BCUT2D eigenvalue weighted by molar-refractivity contribution is -0.137. The number of hydrogen-bond donors (Lipinski definition) is 2. The molecule has 0 fully saturated rings. The number of nitrogens with one attached hydrogen (secondary N) is 2. The van der Waals surface area contributed by atoms with Crippen LogP contribution in [0.1, 0.15) is 5.56 Å². The number of fused-ring (bicyclic) bond motifs is 1. The lowest BCUT2D eigenvalue weighted by atomic mass is 9.99. The average Bonchev–Trinajstić information content (AvgIpc) is 3.24. The van der Waals surface area contributed by atoms with Crippen molar-refractivity contribution in [2.24, 2.45) is 0 Å². The van der Waals surface area contributed by atoms with Crippen LogP contribution < -0.4 is 5.32 Å². The van der Waals surface area contributed by atoms with Crippen LogP contribution in [0.25, 0.3) is 33.5 Å². The third-order valence-corrected chi connectivity index (χ3v) is 5.24. The van der Waals surface area contributed by atoms with E-state index in [4.69, 9.17) is 0 Å². The summed E-state index contributed by atoms with van der Waals surface area (Å²) in [7, 11) is 0. The molecule has 3 nitrogen and oxygen atoms in total. The van der Waals surface area contributed by atoms with Crippen LogP contribution in [0.2, 0.25) is 0 Å². The molecule has 4 aromatic carbocycles. The van der Waals surface area contributed by atoms with Crippen molar-refractivity contribution in [1.29, 1.82) is 0 Å². The molecule has 6 heteroatoms. The number of imidazole rings is 1. The minimum atomic E-state index is -4.40. The second-order valence-corrected chi connectivity index (χ2v) is 7.43. The first-order valence-electron chi connectivity index (χ1n) is 10.1. The van der Waals surface area contributed by atoms with Crippen LogP contribution in [0, 0.1) is 0 Å². The number of para-hydroxylation sites is 2.